The minimum atomic E-state index is 1.24. The molecular formula is C24H40. The smallest absolute Gasteiger partial charge is 0.0279 e. The lowest BCUT2D eigenvalue weighted by molar-refractivity contribution is 0.717. The van der Waals surface area contributed by atoms with Crippen LogP contribution in [0.25, 0.3) is 0 Å². The van der Waals surface area contributed by atoms with Crippen LogP contribution in [0.1, 0.15) is 91.0 Å². The van der Waals surface area contributed by atoms with Gasteiger partial charge in [0.1, 0.15) is 0 Å². The Bertz CT molecular complexity index is 411. The molecule has 0 atom stereocenters. The molecule has 0 heterocycles. The first kappa shape index (κ1) is 22.7. The van der Waals surface area contributed by atoms with Crippen molar-refractivity contribution in [3.05, 3.63) is 59.7 Å². The van der Waals surface area contributed by atoms with Gasteiger partial charge in [0.05, 0.1) is 0 Å². The Balaban J connectivity index is 0.000000400. The molecule has 0 amide bonds. The number of allylic oxidation sites excluding steroid dienone is 4. The predicted molar refractivity (Wildman–Crippen MR) is 112 cm³/mol. The van der Waals surface area contributed by atoms with Crippen LogP contribution in [0.4, 0.5) is 0 Å². The van der Waals surface area contributed by atoms with Crippen LogP contribution in [0.2, 0.25) is 0 Å². The molecule has 0 aromatic heterocycles. The normalized spacial score (nSPS) is 12.9. The molecule has 0 heteroatoms. The van der Waals surface area contributed by atoms with E-state index in [2.05, 4.69) is 62.4 Å². The first-order valence-corrected chi connectivity index (χ1v) is 10.2. The number of unbranched alkanes of at least 4 members (excludes halogenated alkanes) is 3. The van der Waals surface area contributed by atoms with Crippen molar-refractivity contribution in [1.82, 2.24) is 0 Å². The highest BCUT2D eigenvalue weighted by atomic mass is 14.0. The Morgan fingerprint density at radius 3 is 2.21 bits per heavy atom. The molecule has 0 saturated heterocycles. The maximum atomic E-state index is 2.31. The second kappa shape index (κ2) is 18.0. The molecule has 1 aromatic rings. The van der Waals surface area contributed by atoms with Crippen molar-refractivity contribution in [2.75, 3.05) is 0 Å². The van der Waals surface area contributed by atoms with Crippen molar-refractivity contribution >= 4 is 0 Å². The van der Waals surface area contributed by atoms with Crippen LogP contribution >= 0.6 is 0 Å². The third-order valence-corrected chi connectivity index (χ3v) is 4.10. The molecule has 2 rings (SSSR count). The van der Waals surface area contributed by atoms with Gasteiger partial charge in [0, 0.05) is 0 Å². The average Bonchev–Trinajstić information content (AvgIpc) is 2.92. The van der Waals surface area contributed by atoms with Crippen molar-refractivity contribution < 1.29 is 0 Å². The zero-order valence-electron chi connectivity index (χ0n) is 16.7. The summed E-state index contributed by atoms with van der Waals surface area (Å²) < 4.78 is 0. The fourth-order valence-corrected chi connectivity index (χ4v) is 2.67. The standard InChI is InChI=1S/C11H18.C11H16.C2H6/c1-2-3-8-11-9-6-4-5-7-10-11;1-2-3-5-8-11-9-6-4-7-10-11;1-2/h4,6,9H,2-3,5,7-8,10H2,1H3;4,6-7,9-10H,2-3,5,8H2,1H3;1-2H3. The third kappa shape index (κ3) is 13.2. The summed E-state index contributed by atoms with van der Waals surface area (Å²) in [6, 6.07) is 10.7. The van der Waals surface area contributed by atoms with Gasteiger partial charge < -0.3 is 0 Å². The second-order valence-electron chi connectivity index (χ2n) is 6.19. The molecule has 0 nitrogen and oxygen atoms in total. The predicted octanol–water partition coefficient (Wildman–Crippen LogP) is 8.29. The van der Waals surface area contributed by atoms with E-state index in [-0.39, 0.29) is 0 Å². The van der Waals surface area contributed by atoms with Gasteiger partial charge in [-0.25, -0.2) is 0 Å². The summed E-state index contributed by atoms with van der Waals surface area (Å²) in [4.78, 5) is 0. The zero-order valence-corrected chi connectivity index (χ0v) is 16.7. The zero-order chi connectivity index (χ0) is 17.9. The largest absolute Gasteiger partial charge is 0.0845 e. The number of benzene rings is 1. The van der Waals surface area contributed by atoms with E-state index in [0.717, 1.165) is 0 Å². The molecule has 1 aliphatic carbocycles. The summed E-state index contributed by atoms with van der Waals surface area (Å²) >= 11 is 0. The van der Waals surface area contributed by atoms with E-state index in [1.165, 1.54) is 69.8 Å². The summed E-state index contributed by atoms with van der Waals surface area (Å²) in [6.45, 7) is 8.50. The molecule has 0 spiro atoms. The van der Waals surface area contributed by atoms with Gasteiger partial charge in [-0.2, -0.15) is 0 Å². The Labute approximate surface area is 152 Å². The monoisotopic (exact) mass is 328 g/mol. The van der Waals surface area contributed by atoms with Crippen LogP contribution in [0.5, 0.6) is 0 Å². The highest BCUT2D eigenvalue weighted by Gasteiger charge is 1.97. The van der Waals surface area contributed by atoms with E-state index in [1.54, 1.807) is 5.57 Å². The molecule has 0 N–H and O–H groups in total. The Kier molecular flexibility index (Phi) is 17.1. The maximum Gasteiger partial charge on any atom is -0.0279 e. The molecule has 0 radical (unpaired) electrons. The summed E-state index contributed by atoms with van der Waals surface area (Å²) in [5.41, 5.74) is 3.13. The van der Waals surface area contributed by atoms with Crippen molar-refractivity contribution in [2.24, 2.45) is 0 Å². The van der Waals surface area contributed by atoms with Gasteiger partial charge in [-0.15, -0.1) is 0 Å². The van der Waals surface area contributed by atoms with Crippen LogP contribution in [0.15, 0.2) is 54.1 Å². The van der Waals surface area contributed by atoms with Gasteiger partial charge in [-0.3, -0.25) is 0 Å². The van der Waals surface area contributed by atoms with Gasteiger partial charge in [-0.05, 0) is 50.5 Å². The molecule has 0 fully saturated rings. The lowest BCUT2D eigenvalue weighted by atomic mass is 10.0. The topological polar surface area (TPSA) is 0 Å². The first-order chi connectivity index (χ1) is 11.9. The van der Waals surface area contributed by atoms with Crippen molar-refractivity contribution in [2.45, 2.75) is 91.9 Å². The van der Waals surface area contributed by atoms with Gasteiger partial charge in [-0.1, -0.05) is 101 Å². The highest BCUT2D eigenvalue weighted by Crippen LogP contribution is 2.17. The van der Waals surface area contributed by atoms with Gasteiger partial charge in [0.2, 0.25) is 0 Å². The Morgan fingerprint density at radius 2 is 1.54 bits per heavy atom. The van der Waals surface area contributed by atoms with Gasteiger partial charge in [0.25, 0.3) is 0 Å². The van der Waals surface area contributed by atoms with E-state index in [1.807, 2.05) is 13.8 Å². The number of hydrogen-bond acceptors (Lipinski definition) is 0. The average molecular weight is 329 g/mol. The van der Waals surface area contributed by atoms with Crippen molar-refractivity contribution in [3.63, 3.8) is 0 Å². The second-order valence-corrected chi connectivity index (χ2v) is 6.19. The quantitative estimate of drug-likeness (QED) is 0.442. The lowest BCUT2D eigenvalue weighted by Gasteiger charge is -2.02. The van der Waals surface area contributed by atoms with Crippen LogP contribution < -0.4 is 0 Å². The summed E-state index contributed by atoms with van der Waals surface area (Å²) in [5.74, 6) is 0. The highest BCUT2D eigenvalue weighted by molar-refractivity contribution is 5.15. The molecule has 0 saturated carbocycles. The number of aryl methyl sites for hydroxylation is 1. The van der Waals surface area contributed by atoms with Crippen LogP contribution in [-0.2, 0) is 6.42 Å². The fourth-order valence-electron chi connectivity index (χ4n) is 2.67. The SMILES string of the molecule is CC.CCCCC1=CC=CCCC1.CCCCCc1ccccc1. The molecule has 0 bridgehead atoms. The Morgan fingerprint density at radius 1 is 0.833 bits per heavy atom. The minimum Gasteiger partial charge on any atom is -0.0845 e. The number of rotatable bonds is 7. The van der Waals surface area contributed by atoms with Crippen molar-refractivity contribution in [3.8, 4) is 0 Å². The lowest BCUT2D eigenvalue weighted by Crippen LogP contribution is -1.83. The summed E-state index contributed by atoms with van der Waals surface area (Å²) in [7, 11) is 0. The molecule has 1 aliphatic rings. The first-order valence-electron chi connectivity index (χ1n) is 10.2. The molecule has 0 aliphatic heterocycles. The van der Waals surface area contributed by atoms with E-state index < -0.39 is 0 Å². The van der Waals surface area contributed by atoms with E-state index >= 15 is 0 Å². The third-order valence-electron chi connectivity index (χ3n) is 4.10. The van der Waals surface area contributed by atoms with Gasteiger partial charge in [0.15, 0.2) is 0 Å². The van der Waals surface area contributed by atoms with E-state index in [4.69, 9.17) is 0 Å². The molecular weight excluding hydrogens is 288 g/mol. The maximum absolute atomic E-state index is 2.31. The molecule has 136 valence electrons. The molecule has 24 heavy (non-hydrogen) atoms. The van der Waals surface area contributed by atoms with Crippen molar-refractivity contribution in [1.29, 1.82) is 0 Å². The van der Waals surface area contributed by atoms with Crippen LogP contribution in [0, 0.1) is 0 Å². The molecule has 1 aromatic carbocycles. The van der Waals surface area contributed by atoms with Crippen LogP contribution in [-0.4, -0.2) is 0 Å². The minimum absolute atomic E-state index is 1.24. The number of hydrogen-bond donors (Lipinski definition) is 0. The van der Waals surface area contributed by atoms with E-state index in [9.17, 15) is 0 Å². The Hall–Kier alpha value is -1.30. The summed E-state index contributed by atoms with van der Waals surface area (Å²) in [5, 5.41) is 0. The molecule has 0 unspecified atom stereocenters. The fraction of sp³-hybridized carbons (Fsp3) is 0.583. The van der Waals surface area contributed by atoms with Gasteiger partial charge >= 0.3 is 0 Å². The summed E-state index contributed by atoms with van der Waals surface area (Å²) in [6.07, 6.45) is 20.0. The van der Waals surface area contributed by atoms with E-state index in [0.29, 0.717) is 0 Å². The van der Waals surface area contributed by atoms with Crippen LogP contribution in [0.3, 0.4) is 0 Å².